The molecule has 1 aliphatic rings. The average Bonchev–Trinajstić information content (AvgIpc) is 3.31. The molecule has 1 aliphatic carbocycles. The number of nitrogen functional groups attached to an aromatic ring is 1. The third kappa shape index (κ3) is 4.41. The summed E-state index contributed by atoms with van der Waals surface area (Å²) in [6.07, 6.45) is 2.55. The van der Waals surface area contributed by atoms with Crippen LogP contribution in [0.15, 0.2) is 12.1 Å². The fraction of sp³-hybridized carbons (Fsp3) is 0.600. The molecule has 1 amide bonds. The molecular weight excluding hydrogens is 266 g/mol. The largest absolute Gasteiger partial charge is 0.351 e. The van der Waals surface area contributed by atoms with Crippen molar-refractivity contribution in [3.8, 4) is 0 Å². The Bertz CT molecular complexity index is 499. The van der Waals surface area contributed by atoms with Crippen LogP contribution in [-0.4, -0.2) is 42.0 Å². The molecule has 0 unspecified atom stereocenters. The molecule has 6 nitrogen and oxygen atoms in total. The first kappa shape index (κ1) is 15.7. The van der Waals surface area contributed by atoms with Crippen LogP contribution in [0.1, 0.15) is 48.7 Å². The first-order chi connectivity index (χ1) is 10.0. The van der Waals surface area contributed by atoms with E-state index in [9.17, 15) is 4.79 Å². The third-order valence-corrected chi connectivity index (χ3v) is 3.77. The van der Waals surface area contributed by atoms with Crippen molar-refractivity contribution in [1.82, 2.24) is 15.2 Å². The van der Waals surface area contributed by atoms with Crippen LogP contribution >= 0.6 is 0 Å². The SMILES string of the molecule is CC(C)c1cc(C(=O)NCCN(C)C2CC2)cc(NN)n1. The van der Waals surface area contributed by atoms with Crippen LogP contribution in [0.3, 0.4) is 0 Å². The Morgan fingerprint density at radius 1 is 1.48 bits per heavy atom. The van der Waals surface area contributed by atoms with E-state index < -0.39 is 0 Å². The van der Waals surface area contributed by atoms with Crippen LogP contribution in [0.2, 0.25) is 0 Å². The van der Waals surface area contributed by atoms with Gasteiger partial charge in [0.25, 0.3) is 5.91 Å². The maximum absolute atomic E-state index is 12.2. The highest BCUT2D eigenvalue weighted by Gasteiger charge is 2.25. The average molecular weight is 291 g/mol. The molecule has 0 saturated heterocycles. The van der Waals surface area contributed by atoms with Crippen LogP contribution in [0.25, 0.3) is 0 Å². The minimum atomic E-state index is -0.0833. The van der Waals surface area contributed by atoms with E-state index in [2.05, 4.69) is 27.7 Å². The van der Waals surface area contributed by atoms with Gasteiger partial charge in [-0.2, -0.15) is 0 Å². The Kier molecular flexibility index (Phi) is 5.14. The standard InChI is InChI=1S/C15H25N5O/c1-10(2)13-8-11(9-14(18-13)19-16)15(21)17-6-7-20(3)12-4-5-12/h8-10,12H,4-7,16H2,1-3H3,(H,17,21)(H,18,19). The number of nitrogens with zero attached hydrogens (tertiary/aromatic N) is 2. The van der Waals surface area contributed by atoms with E-state index in [0.29, 0.717) is 24.0 Å². The second-order valence-corrected chi connectivity index (χ2v) is 5.93. The van der Waals surface area contributed by atoms with Crippen LogP contribution in [-0.2, 0) is 0 Å². The number of nitrogens with two attached hydrogens (primary N) is 1. The number of nitrogens with one attached hydrogen (secondary N) is 2. The number of amides is 1. The van der Waals surface area contributed by atoms with E-state index in [1.165, 1.54) is 12.8 Å². The lowest BCUT2D eigenvalue weighted by Crippen LogP contribution is -2.34. The van der Waals surface area contributed by atoms with Crippen LogP contribution in [0.5, 0.6) is 0 Å². The second-order valence-electron chi connectivity index (χ2n) is 5.93. The van der Waals surface area contributed by atoms with Gasteiger partial charge in [-0.3, -0.25) is 4.79 Å². The van der Waals surface area contributed by atoms with Crippen molar-refractivity contribution in [3.05, 3.63) is 23.4 Å². The summed E-state index contributed by atoms with van der Waals surface area (Å²) in [5.41, 5.74) is 3.96. The monoisotopic (exact) mass is 291 g/mol. The minimum Gasteiger partial charge on any atom is -0.351 e. The molecule has 116 valence electrons. The summed E-state index contributed by atoms with van der Waals surface area (Å²) in [5.74, 6) is 6.09. The van der Waals surface area contributed by atoms with Gasteiger partial charge in [-0.25, -0.2) is 10.8 Å². The number of carbonyl (C=O) groups is 1. The van der Waals surface area contributed by atoms with Gasteiger partial charge in [0.2, 0.25) is 0 Å². The molecule has 1 aromatic heterocycles. The maximum Gasteiger partial charge on any atom is 0.251 e. The van der Waals surface area contributed by atoms with Crippen molar-refractivity contribution in [1.29, 1.82) is 0 Å². The molecule has 21 heavy (non-hydrogen) atoms. The maximum atomic E-state index is 12.2. The highest BCUT2D eigenvalue weighted by atomic mass is 16.1. The van der Waals surface area contributed by atoms with Crippen molar-refractivity contribution in [3.63, 3.8) is 0 Å². The van der Waals surface area contributed by atoms with E-state index >= 15 is 0 Å². The highest BCUT2D eigenvalue weighted by Crippen LogP contribution is 2.24. The Labute approximate surface area is 126 Å². The Morgan fingerprint density at radius 2 is 2.19 bits per heavy atom. The first-order valence-corrected chi connectivity index (χ1v) is 7.48. The number of carbonyl (C=O) groups excluding carboxylic acids is 1. The molecule has 0 spiro atoms. The first-order valence-electron chi connectivity index (χ1n) is 7.48. The zero-order chi connectivity index (χ0) is 15.4. The van der Waals surface area contributed by atoms with E-state index in [-0.39, 0.29) is 11.8 Å². The van der Waals surface area contributed by atoms with Gasteiger partial charge in [-0.1, -0.05) is 13.8 Å². The normalized spacial score (nSPS) is 14.6. The highest BCUT2D eigenvalue weighted by molar-refractivity contribution is 5.95. The molecule has 0 atom stereocenters. The van der Waals surface area contributed by atoms with Gasteiger partial charge in [0.05, 0.1) is 0 Å². The summed E-state index contributed by atoms with van der Waals surface area (Å²) in [5, 5.41) is 2.95. The summed E-state index contributed by atoms with van der Waals surface area (Å²) >= 11 is 0. The quantitative estimate of drug-likeness (QED) is 0.521. The Morgan fingerprint density at radius 3 is 2.76 bits per heavy atom. The van der Waals surface area contributed by atoms with Gasteiger partial charge in [0.1, 0.15) is 5.82 Å². The van der Waals surface area contributed by atoms with Gasteiger partial charge in [-0.05, 0) is 37.9 Å². The number of pyridine rings is 1. The molecule has 0 bridgehead atoms. The van der Waals surface area contributed by atoms with Gasteiger partial charge in [0, 0.05) is 30.4 Å². The number of hydrazine groups is 1. The summed E-state index contributed by atoms with van der Waals surface area (Å²) < 4.78 is 0. The Hall–Kier alpha value is -1.66. The van der Waals surface area contributed by atoms with Crippen molar-refractivity contribution < 1.29 is 4.79 Å². The van der Waals surface area contributed by atoms with Crippen LogP contribution < -0.4 is 16.6 Å². The topological polar surface area (TPSA) is 83.3 Å². The minimum absolute atomic E-state index is 0.0833. The molecular formula is C15H25N5O. The van der Waals surface area contributed by atoms with Crippen molar-refractivity contribution in [2.75, 3.05) is 25.6 Å². The molecule has 0 aromatic carbocycles. The number of hydrogen-bond acceptors (Lipinski definition) is 5. The van der Waals surface area contributed by atoms with E-state index in [1.54, 1.807) is 6.07 Å². The number of likely N-dealkylation sites (N-methyl/N-ethyl adjacent to an activating group) is 1. The summed E-state index contributed by atoms with van der Waals surface area (Å²) in [6.45, 7) is 5.60. The van der Waals surface area contributed by atoms with Gasteiger partial charge in [0.15, 0.2) is 0 Å². The smallest absolute Gasteiger partial charge is 0.251 e. The summed E-state index contributed by atoms with van der Waals surface area (Å²) in [7, 11) is 2.10. The third-order valence-electron chi connectivity index (χ3n) is 3.77. The van der Waals surface area contributed by atoms with Crippen LogP contribution in [0.4, 0.5) is 5.82 Å². The number of rotatable bonds is 7. The van der Waals surface area contributed by atoms with Crippen molar-refractivity contribution in [2.45, 2.75) is 38.6 Å². The second kappa shape index (κ2) is 6.87. The van der Waals surface area contributed by atoms with E-state index in [1.807, 2.05) is 19.9 Å². The molecule has 1 fully saturated rings. The molecule has 1 aromatic rings. The fourth-order valence-corrected chi connectivity index (χ4v) is 2.20. The lowest BCUT2D eigenvalue weighted by atomic mass is 10.1. The van der Waals surface area contributed by atoms with E-state index in [0.717, 1.165) is 12.2 Å². The fourth-order valence-electron chi connectivity index (χ4n) is 2.20. The molecule has 1 saturated carbocycles. The summed E-state index contributed by atoms with van der Waals surface area (Å²) in [6, 6.07) is 4.21. The Balaban J connectivity index is 1.95. The van der Waals surface area contributed by atoms with Crippen molar-refractivity contribution in [2.24, 2.45) is 5.84 Å². The van der Waals surface area contributed by atoms with Gasteiger partial charge >= 0.3 is 0 Å². The van der Waals surface area contributed by atoms with Crippen molar-refractivity contribution >= 4 is 11.7 Å². The molecule has 1 heterocycles. The molecule has 2 rings (SSSR count). The zero-order valence-electron chi connectivity index (χ0n) is 13.0. The molecule has 4 N–H and O–H groups in total. The van der Waals surface area contributed by atoms with Crippen LogP contribution in [0, 0.1) is 0 Å². The lowest BCUT2D eigenvalue weighted by Gasteiger charge is -2.16. The molecule has 6 heteroatoms. The predicted octanol–water partition coefficient (Wildman–Crippen LogP) is 1.31. The number of hydrogen-bond donors (Lipinski definition) is 3. The number of aromatic nitrogens is 1. The van der Waals surface area contributed by atoms with Gasteiger partial charge in [-0.15, -0.1) is 0 Å². The lowest BCUT2D eigenvalue weighted by molar-refractivity contribution is 0.0949. The molecule has 0 radical (unpaired) electrons. The number of anilines is 1. The zero-order valence-corrected chi connectivity index (χ0v) is 13.0. The molecule has 0 aliphatic heterocycles. The van der Waals surface area contributed by atoms with E-state index in [4.69, 9.17) is 5.84 Å². The van der Waals surface area contributed by atoms with Gasteiger partial charge < -0.3 is 15.6 Å². The summed E-state index contributed by atoms with van der Waals surface area (Å²) in [4.78, 5) is 18.9. The predicted molar refractivity (Wildman–Crippen MR) is 84.1 cm³/mol.